The van der Waals surface area contributed by atoms with Crippen LogP contribution in [0.2, 0.25) is 0 Å². The van der Waals surface area contributed by atoms with Gasteiger partial charge in [0.25, 0.3) is 0 Å². The van der Waals surface area contributed by atoms with Crippen molar-refractivity contribution in [3.8, 4) is 5.75 Å². The maximum atomic E-state index is 11.6. The normalized spacial score (nSPS) is 10.4. The Morgan fingerprint density at radius 2 is 1.95 bits per heavy atom. The lowest BCUT2D eigenvalue weighted by atomic mass is 10.2. The molecule has 7 heteroatoms. The van der Waals surface area contributed by atoms with Crippen LogP contribution < -0.4 is 10.4 Å². The molecule has 6 nitrogen and oxygen atoms in total. The average molecular weight is 369 g/mol. The number of benzene rings is 1. The highest BCUT2D eigenvalue weighted by atomic mass is 79.9. The smallest absolute Gasteiger partial charge is 0.380 e. The topological polar surface area (TPSA) is 86.0 Å². The van der Waals surface area contributed by atoms with Crippen molar-refractivity contribution in [2.24, 2.45) is 0 Å². The standard InChI is InChI=1S/C15H13BrO6/c16-11-8-12(14(17)18)22-15(19)13(11)21-7-6-20-9-10-4-2-1-3-5-10/h1-5,8H,6-7,9H2,(H,17,18). The van der Waals surface area contributed by atoms with Gasteiger partial charge in [-0.25, -0.2) is 9.59 Å². The Balaban J connectivity index is 1.85. The minimum atomic E-state index is -1.32. The molecule has 2 aromatic rings. The van der Waals surface area contributed by atoms with Crippen molar-refractivity contribution in [3.63, 3.8) is 0 Å². The van der Waals surface area contributed by atoms with Gasteiger partial charge in [-0.1, -0.05) is 30.3 Å². The van der Waals surface area contributed by atoms with Crippen molar-refractivity contribution in [1.82, 2.24) is 0 Å². The summed E-state index contributed by atoms with van der Waals surface area (Å²) in [6.45, 7) is 0.863. The summed E-state index contributed by atoms with van der Waals surface area (Å²) in [7, 11) is 0. The van der Waals surface area contributed by atoms with E-state index in [0.29, 0.717) is 6.61 Å². The maximum absolute atomic E-state index is 11.6. The van der Waals surface area contributed by atoms with Crippen LogP contribution in [0, 0.1) is 0 Å². The summed E-state index contributed by atoms with van der Waals surface area (Å²) >= 11 is 3.08. The fourth-order valence-electron chi connectivity index (χ4n) is 1.65. The van der Waals surface area contributed by atoms with E-state index >= 15 is 0 Å². The van der Waals surface area contributed by atoms with Gasteiger partial charge in [0.2, 0.25) is 11.5 Å². The van der Waals surface area contributed by atoms with Gasteiger partial charge in [0, 0.05) is 6.07 Å². The summed E-state index contributed by atoms with van der Waals surface area (Å²) in [6, 6.07) is 10.8. The second-order valence-corrected chi connectivity index (χ2v) is 5.12. The summed E-state index contributed by atoms with van der Waals surface area (Å²) in [4.78, 5) is 22.4. The molecule has 0 amide bonds. The summed E-state index contributed by atoms with van der Waals surface area (Å²) in [5.74, 6) is -1.85. The van der Waals surface area contributed by atoms with Crippen LogP contribution in [0.15, 0.2) is 50.1 Å². The van der Waals surface area contributed by atoms with E-state index in [2.05, 4.69) is 20.3 Å². The fourth-order valence-corrected chi connectivity index (χ4v) is 2.14. The lowest BCUT2D eigenvalue weighted by Crippen LogP contribution is -2.14. The summed E-state index contributed by atoms with van der Waals surface area (Å²) < 4.78 is 15.5. The molecule has 0 aliphatic carbocycles. The monoisotopic (exact) mass is 368 g/mol. The first kappa shape index (κ1) is 16.3. The van der Waals surface area contributed by atoms with Gasteiger partial charge in [-0.05, 0) is 21.5 Å². The zero-order chi connectivity index (χ0) is 15.9. The summed E-state index contributed by atoms with van der Waals surface area (Å²) in [6.07, 6.45) is 0. The number of carbonyl (C=O) groups is 1. The zero-order valence-corrected chi connectivity index (χ0v) is 13.0. The first-order valence-corrected chi connectivity index (χ1v) is 7.18. The molecule has 0 aliphatic heterocycles. The molecule has 0 aliphatic rings. The number of carboxylic acid groups (broad SMARTS) is 1. The van der Waals surface area contributed by atoms with Gasteiger partial charge < -0.3 is 19.0 Å². The number of halogens is 1. The van der Waals surface area contributed by atoms with E-state index < -0.39 is 17.4 Å². The van der Waals surface area contributed by atoms with Gasteiger partial charge in [0.05, 0.1) is 17.7 Å². The van der Waals surface area contributed by atoms with Crippen LogP contribution in [0.4, 0.5) is 0 Å². The average Bonchev–Trinajstić information content (AvgIpc) is 2.50. The minimum Gasteiger partial charge on any atom is -0.483 e. The molecule has 1 aromatic carbocycles. The van der Waals surface area contributed by atoms with Crippen LogP contribution in [-0.4, -0.2) is 24.3 Å². The third-order valence-electron chi connectivity index (χ3n) is 2.66. The highest BCUT2D eigenvalue weighted by Crippen LogP contribution is 2.21. The lowest BCUT2D eigenvalue weighted by molar-refractivity contribution is 0.0652. The Kier molecular flexibility index (Phi) is 5.74. The van der Waals surface area contributed by atoms with Gasteiger partial charge >= 0.3 is 11.6 Å². The van der Waals surface area contributed by atoms with Crippen molar-refractivity contribution in [3.05, 3.63) is 62.6 Å². The molecular weight excluding hydrogens is 356 g/mol. The molecule has 0 saturated heterocycles. The van der Waals surface area contributed by atoms with E-state index in [4.69, 9.17) is 14.6 Å². The number of ether oxygens (including phenoxy) is 2. The van der Waals surface area contributed by atoms with Crippen molar-refractivity contribution < 1.29 is 23.8 Å². The largest absolute Gasteiger partial charge is 0.483 e. The molecule has 0 bridgehead atoms. The van der Waals surface area contributed by atoms with E-state index in [9.17, 15) is 9.59 Å². The quantitative estimate of drug-likeness (QED) is 0.756. The third-order valence-corrected chi connectivity index (χ3v) is 3.25. The Hall–Kier alpha value is -2.12. The highest BCUT2D eigenvalue weighted by molar-refractivity contribution is 9.10. The number of hydrogen-bond donors (Lipinski definition) is 1. The molecular formula is C15H13BrO6. The Bertz CT molecular complexity index is 695. The molecule has 1 N–H and O–H groups in total. The second-order valence-electron chi connectivity index (χ2n) is 4.27. The van der Waals surface area contributed by atoms with Gasteiger partial charge in [-0.15, -0.1) is 0 Å². The number of hydrogen-bond acceptors (Lipinski definition) is 5. The SMILES string of the molecule is O=C(O)c1cc(Br)c(OCCOCc2ccccc2)c(=O)o1. The Morgan fingerprint density at radius 3 is 2.59 bits per heavy atom. The predicted octanol–water partition coefficient (Wildman–Crippen LogP) is 2.70. The van der Waals surface area contributed by atoms with Crippen LogP contribution in [0.5, 0.6) is 5.75 Å². The van der Waals surface area contributed by atoms with E-state index in [1.165, 1.54) is 6.07 Å². The van der Waals surface area contributed by atoms with Crippen molar-refractivity contribution >= 4 is 21.9 Å². The molecule has 0 radical (unpaired) electrons. The van der Waals surface area contributed by atoms with Crippen LogP contribution >= 0.6 is 15.9 Å². The Labute approximate surface area is 134 Å². The van der Waals surface area contributed by atoms with Gasteiger partial charge in [0.1, 0.15) is 6.61 Å². The van der Waals surface area contributed by atoms with Gasteiger partial charge in [-0.3, -0.25) is 0 Å². The molecule has 0 atom stereocenters. The van der Waals surface area contributed by atoms with Gasteiger partial charge in [0.15, 0.2) is 0 Å². The Morgan fingerprint density at radius 1 is 1.23 bits per heavy atom. The van der Waals surface area contributed by atoms with E-state index in [-0.39, 0.29) is 23.4 Å². The van der Waals surface area contributed by atoms with Crippen LogP contribution in [-0.2, 0) is 11.3 Å². The predicted molar refractivity (Wildman–Crippen MR) is 81.2 cm³/mol. The maximum Gasteiger partial charge on any atom is 0.380 e. The molecule has 22 heavy (non-hydrogen) atoms. The van der Waals surface area contributed by atoms with Gasteiger partial charge in [-0.2, -0.15) is 0 Å². The fraction of sp³-hybridized carbons (Fsp3) is 0.200. The molecule has 0 fully saturated rings. The van der Waals surface area contributed by atoms with Crippen LogP contribution in [0.3, 0.4) is 0 Å². The van der Waals surface area contributed by atoms with Crippen LogP contribution in [0.1, 0.15) is 16.1 Å². The number of rotatable bonds is 7. The van der Waals surface area contributed by atoms with E-state index in [1.54, 1.807) is 0 Å². The first-order valence-electron chi connectivity index (χ1n) is 6.39. The minimum absolute atomic E-state index is 0.0756. The molecule has 0 spiro atoms. The molecule has 2 rings (SSSR count). The van der Waals surface area contributed by atoms with Crippen LogP contribution in [0.25, 0.3) is 0 Å². The molecule has 0 unspecified atom stereocenters. The van der Waals surface area contributed by atoms with Crippen molar-refractivity contribution in [2.45, 2.75) is 6.61 Å². The van der Waals surface area contributed by atoms with Crippen molar-refractivity contribution in [2.75, 3.05) is 13.2 Å². The molecule has 1 heterocycles. The second kappa shape index (κ2) is 7.77. The number of carboxylic acids is 1. The lowest BCUT2D eigenvalue weighted by Gasteiger charge is -2.08. The van der Waals surface area contributed by atoms with E-state index in [1.807, 2.05) is 30.3 Å². The van der Waals surface area contributed by atoms with E-state index in [0.717, 1.165) is 5.56 Å². The third kappa shape index (κ3) is 4.44. The highest BCUT2D eigenvalue weighted by Gasteiger charge is 2.15. The van der Waals surface area contributed by atoms with Crippen molar-refractivity contribution in [1.29, 1.82) is 0 Å². The first-order chi connectivity index (χ1) is 10.6. The molecule has 0 saturated carbocycles. The number of aromatic carboxylic acids is 1. The molecule has 1 aromatic heterocycles. The summed E-state index contributed by atoms with van der Waals surface area (Å²) in [5.41, 5.74) is 0.184. The zero-order valence-electron chi connectivity index (χ0n) is 11.5. The summed E-state index contributed by atoms with van der Waals surface area (Å²) in [5, 5.41) is 8.76. The molecule has 116 valence electrons.